The Kier molecular flexibility index (Phi) is 4.97. The van der Waals surface area contributed by atoms with Gasteiger partial charge in [-0.25, -0.2) is 0 Å². The highest BCUT2D eigenvalue weighted by molar-refractivity contribution is 5.81. The van der Waals surface area contributed by atoms with Gasteiger partial charge in [0.2, 0.25) is 5.91 Å². The smallest absolute Gasteiger partial charge is 0.239 e. The van der Waals surface area contributed by atoms with Gasteiger partial charge in [0, 0.05) is 30.4 Å². The van der Waals surface area contributed by atoms with Gasteiger partial charge < -0.3 is 9.64 Å². The molecular weight excluding hydrogens is 304 g/mol. The molecule has 1 aliphatic heterocycles. The zero-order chi connectivity index (χ0) is 17.3. The van der Waals surface area contributed by atoms with Gasteiger partial charge in [-0.1, -0.05) is 0 Å². The minimum atomic E-state index is -0.183. The summed E-state index contributed by atoms with van der Waals surface area (Å²) in [6.45, 7) is 11.2. The van der Waals surface area contributed by atoms with Crippen molar-refractivity contribution in [1.82, 2.24) is 20.0 Å². The molecule has 3 rings (SSSR count). The molecule has 0 radical (unpaired) electrons. The van der Waals surface area contributed by atoms with Gasteiger partial charge in [0.05, 0.1) is 31.0 Å². The Labute approximate surface area is 144 Å². The van der Waals surface area contributed by atoms with Gasteiger partial charge in [-0.3, -0.25) is 14.8 Å². The first-order valence-electron chi connectivity index (χ1n) is 9.08. The maximum atomic E-state index is 12.6. The molecule has 0 bridgehead atoms. The fourth-order valence-corrected chi connectivity index (χ4v) is 3.74. The summed E-state index contributed by atoms with van der Waals surface area (Å²) in [5, 5.41) is 8.18. The number of ether oxygens (including phenoxy) is 1. The van der Waals surface area contributed by atoms with Crippen LogP contribution in [0.3, 0.4) is 0 Å². The highest BCUT2D eigenvalue weighted by Crippen LogP contribution is 2.32. The molecular formula is C18H30N4O2. The number of hydrogen-bond acceptors (Lipinski definition) is 4. The summed E-state index contributed by atoms with van der Waals surface area (Å²) in [5.74, 6) is 0.175. The van der Waals surface area contributed by atoms with Crippen LogP contribution >= 0.6 is 0 Å². The normalized spacial score (nSPS) is 23.0. The van der Waals surface area contributed by atoms with Crippen molar-refractivity contribution in [1.29, 1.82) is 0 Å². The lowest BCUT2D eigenvalue weighted by atomic mass is 9.91. The van der Waals surface area contributed by atoms with Crippen LogP contribution < -0.4 is 5.32 Å². The van der Waals surface area contributed by atoms with E-state index in [2.05, 4.69) is 35.9 Å². The van der Waals surface area contributed by atoms with E-state index >= 15 is 0 Å². The summed E-state index contributed by atoms with van der Waals surface area (Å²) in [6.07, 6.45) is 5.24. The van der Waals surface area contributed by atoms with Gasteiger partial charge in [0.25, 0.3) is 0 Å². The van der Waals surface area contributed by atoms with Crippen LogP contribution in [-0.2, 0) is 21.5 Å². The van der Waals surface area contributed by atoms with Crippen LogP contribution in [0, 0.1) is 0 Å². The zero-order valence-electron chi connectivity index (χ0n) is 15.3. The standard InChI is InChI=1S/C18H30N4O2/c1-13(17(23)21-8-10-24-11-9-21)20-15-6-5-7-16-14(15)12-19-22(16)18(2,3)4/h12-13,15,20H,5-11H2,1-4H3. The van der Waals surface area contributed by atoms with Gasteiger partial charge >= 0.3 is 0 Å². The fraction of sp³-hybridized carbons (Fsp3) is 0.778. The predicted octanol–water partition coefficient (Wildman–Crippen LogP) is 1.85. The van der Waals surface area contributed by atoms with Crippen molar-refractivity contribution in [3.63, 3.8) is 0 Å². The van der Waals surface area contributed by atoms with Crippen LogP contribution in [0.15, 0.2) is 6.20 Å². The zero-order valence-corrected chi connectivity index (χ0v) is 15.3. The molecule has 6 nitrogen and oxygen atoms in total. The van der Waals surface area contributed by atoms with E-state index in [1.165, 1.54) is 11.3 Å². The van der Waals surface area contributed by atoms with Crippen LogP contribution in [0.5, 0.6) is 0 Å². The Morgan fingerprint density at radius 3 is 2.75 bits per heavy atom. The summed E-state index contributed by atoms with van der Waals surface area (Å²) in [5.41, 5.74) is 2.57. The van der Waals surface area contributed by atoms with Crippen LogP contribution in [0.25, 0.3) is 0 Å². The fourth-order valence-electron chi connectivity index (χ4n) is 3.74. The summed E-state index contributed by atoms with van der Waals surface area (Å²) in [6, 6.07) is 0.0295. The molecule has 1 aromatic heterocycles. The van der Waals surface area contributed by atoms with E-state index in [-0.39, 0.29) is 23.5 Å². The molecule has 2 heterocycles. The van der Waals surface area contributed by atoms with Crippen molar-refractivity contribution in [3.05, 3.63) is 17.5 Å². The van der Waals surface area contributed by atoms with E-state index < -0.39 is 0 Å². The second-order valence-electron chi connectivity index (χ2n) is 7.90. The van der Waals surface area contributed by atoms with Gasteiger partial charge in [-0.2, -0.15) is 5.10 Å². The third-order valence-corrected chi connectivity index (χ3v) is 4.96. The molecule has 1 N–H and O–H groups in total. The largest absolute Gasteiger partial charge is 0.378 e. The van der Waals surface area contributed by atoms with Crippen LogP contribution in [-0.4, -0.2) is 52.9 Å². The molecule has 2 unspecified atom stereocenters. The number of amides is 1. The quantitative estimate of drug-likeness (QED) is 0.916. The molecule has 0 aromatic carbocycles. The third-order valence-electron chi connectivity index (χ3n) is 4.96. The number of fused-ring (bicyclic) bond motifs is 1. The van der Waals surface area contributed by atoms with Gasteiger partial charge in [-0.15, -0.1) is 0 Å². The van der Waals surface area contributed by atoms with Gasteiger partial charge in [0.1, 0.15) is 0 Å². The molecule has 0 spiro atoms. The minimum Gasteiger partial charge on any atom is -0.378 e. The van der Waals surface area contributed by atoms with E-state index in [0.29, 0.717) is 26.3 Å². The van der Waals surface area contributed by atoms with Crippen molar-refractivity contribution >= 4 is 5.91 Å². The summed E-state index contributed by atoms with van der Waals surface area (Å²) in [4.78, 5) is 14.5. The van der Waals surface area contributed by atoms with E-state index in [0.717, 1.165) is 19.3 Å². The van der Waals surface area contributed by atoms with Crippen molar-refractivity contribution in [2.45, 2.75) is 64.6 Å². The molecule has 2 aliphatic rings. The molecule has 1 aliphatic carbocycles. The van der Waals surface area contributed by atoms with E-state index in [9.17, 15) is 4.79 Å². The first-order chi connectivity index (χ1) is 11.4. The van der Waals surface area contributed by atoms with E-state index in [4.69, 9.17) is 4.74 Å². The maximum absolute atomic E-state index is 12.6. The van der Waals surface area contributed by atoms with Crippen molar-refractivity contribution in [3.8, 4) is 0 Å². The van der Waals surface area contributed by atoms with Gasteiger partial charge in [-0.05, 0) is 47.0 Å². The van der Waals surface area contributed by atoms with Crippen LogP contribution in [0.4, 0.5) is 0 Å². The summed E-state index contributed by atoms with van der Waals surface area (Å²) in [7, 11) is 0. The first kappa shape index (κ1) is 17.4. The number of nitrogens with zero attached hydrogens (tertiary/aromatic N) is 3. The summed E-state index contributed by atoms with van der Waals surface area (Å²) < 4.78 is 7.48. The average molecular weight is 334 g/mol. The number of rotatable bonds is 3. The SMILES string of the molecule is CC(NC1CCCc2c1cnn2C(C)(C)C)C(=O)N1CCOCC1. The molecule has 1 aromatic rings. The maximum Gasteiger partial charge on any atom is 0.239 e. The third kappa shape index (κ3) is 3.49. The molecule has 1 fully saturated rings. The molecule has 134 valence electrons. The molecule has 1 saturated heterocycles. The highest BCUT2D eigenvalue weighted by atomic mass is 16.5. The number of carbonyl (C=O) groups excluding carboxylic acids is 1. The Morgan fingerprint density at radius 1 is 1.38 bits per heavy atom. The molecule has 2 atom stereocenters. The number of nitrogens with one attached hydrogen (secondary N) is 1. The topological polar surface area (TPSA) is 59.4 Å². The van der Waals surface area contributed by atoms with Crippen molar-refractivity contribution < 1.29 is 9.53 Å². The second kappa shape index (κ2) is 6.84. The number of carbonyl (C=O) groups is 1. The van der Waals surface area contributed by atoms with Crippen molar-refractivity contribution in [2.75, 3.05) is 26.3 Å². The Bertz CT molecular complexity index is 584. The lowest BCUT2D eigenvalue weighted by Gasteiger charge is -2.33. The van der Waals surface area contributed by atoms with Gasteiger partial charge in [0.15, 0.2) is 0 Å². The number of morpholine rings is 1. The molecule has 6 heteroatoms. The molecule has 1 amide bonds. The lowest BCUT2D eigenvalue weighted by molar-refractivity contribution is -0.137. The van der Waals surface area contributed by atoms with Crippen LogP contribution in [0.2, 0.25) is 0 Å². The number of aromatic nitrogens is 2. The molecule has 24 heavy (non-hydrogen) atoms. The Balaban J connectivity index is 1.71. The minimum absolute atomic E-state index is 0.00922. The first-order valence-corrected chi connectivity index (χ1v) is 9.08. The lowest BCUT2D eigenvalue weighted by Crippen LogP contribution is -2.50. The highest BCUT2D eigenvalue weighted by Gasteiger charge is 2.31. The Hall–Kier alpha value is -1.40. The monoisotopic (exact) mass is 334 g/mol. The molecule has 0 saturated carbocycles. The second-order valence-corrected chi connectivity index (χ2v) is 7.90. The predicted molar refractivity (Wildman–Crippen MR) is 92.9 cm³/mol. The van der Waals surface area contributed by atoms with Crippen molar-refractivity contribution in [2.24, 2.45) is 0 Å². The number of hydrogen-bond donors (Lipinski definition) is 1. The average Bonchev–Trinajstić information content (AvgIpc) is 3.00. The van der Waals surface area contributed by atoms with Crippen LogP contribution in [0.1, 0.15) is 57.8 Å². The van der Waals surface area contributed by atoms with E-state index in [1.807, 2.05) is 18.0 Å². The van der Waals surface area contributed by atoms with E-state index in [1.54, 1.807) is 0 Å². The Morgan fingerprint density at radius 2 is 2.08 bits per heavy atom. The summed E-state index contributed by atoms with van der Waals surface area (Å²) >= 11 is 0.